The van der Waals surface area contributed by atoms with E-state index >= 15 is 0 Å². The van der Waals surface area contributed by atoms with Crippen LogP contribution >= 0.6 is 0 Å². The number of Topliss-reactive ketones (excluding diaryl/α,β-unsaturated/α-hetero) is 1. The van der Waals surface area contributed by atoms with Crippen molar-refractivity contribution in [1.82, 2.24) is 0 Å². The smallest absolute Gasteiger partial charge is 0.170 e. The van der Waals surface area contributed by atoms with Gasteiger partial charge in [-0.25, -0.2) is 0 Å². The molecule has 0 saturated carbocycles. The molecule has 0 unspecified atom stereocenters. The molecule has 4 nitrogen and oxygen atoms in total. The Labute approximate surface area is 139 Å². The lowest BCUT2D eigenvalue weighted by Crippen LogP contribution is -2.17. The molecule has 0 amide bonds. The van der Waals surface area contributed by atoms with E-state index in [-0.39, 0.29) is 5.78 Å². The topological polar surface area (TPSA) is 61.6 Å². The molecule has 128 valence electrons. The quantitative estimate of drug-likeness (QED) is 0.499. The largest absolute Gasteiger partial charge is 0.491 e. The first kappa shape index (κ1) is 17.6. The maximum Gasteiger partial charge on any atom is 0.170 e. The third kappa shape index (κ3) is 5.15. The zero-order chi connectivity index (χ0) is 16.5. The van der Waals surface area contributed by atoms with E-state index in [1.165, 1.54) is 44.9 Å². The van der Waals surface area contributed by atoms with Crippen molar-refractivity contribution in [2.45, 2.75) is 64.7 Å². The maximum atomic E-state index is 11.8. The number of nitrogens with two attached hydrogens (primary N) is 1. The van der Waals surface area contributed by atoms with Crippen LogP contribution in [0.3, 0.4) is 0 Å². The van der Waals surface area contributed by atoms with Crippen LogP contribution in [-0.2, 0) is 0 Å². The highest BCUT2D eigenvalue weighted by molar-refractivity contribution is 6.01. The Morgan fingerprint density at radius 2 is 1.78 bits per heavy atom. The van der Waals surface area contributed by atoms with Gasteiger partial charge in [0, 0.05) is 6.42 Å². The molecule has 1 aliphatic heterocycles. The lowest BCUT2D eigenvalue weighted by Gasteiger charge is -2.20. The van der Waals surface area contributed by atoms with E-state index in [4.69, 9.17) is 15.2 Å². The Morgan fingerprint density at radius 3 is 2.52 bits per heavy atom. The van der Waals surface area contributed by atoms with E-state index in [2.05, 4.69) is 6.92 Å². The van der Waals surface area contributed by atoms with Crippen molar-refractivity contribution < 1.29 is 14.3 Å². The van der Waals surface area contributed by atoms with E-state index in [0.29, 0.717) is 42.4 Å². The fourth-order valence-electron chi connectivity index (χ4n) is 2.88. The molecule has 1 aromatic rings. The highest BCUT2D eigenvalue weighted by Gasteiger charge is 2.22. The van der Waals surface area contributed by atoms with Crippen molar-refractivity contribution >= 4 is 11.5 Å². The molecular formula is C19H29NO3. The van der Waals surface area contributed by atoms with E-state index < -0.39 is 0 Å². The summed E-state index contributed by atoms with van der Waals surface area (Å²) < 4.78 is 11.3. The van der Waals surface area contributed by atoms with Gasteiger partial charge in [-0.15, -0.1) is 0 Å². The lowest BCUT2D eigenvalue weighted by atomic mass is 10.0. The van der Waals surface area contributed by atoms with Gasteiger partial charge >= 0.3 is 0 Å². The van der Waals surface area contributed by atoms with Crippen LogP contribution in [-0.4, -0.2) is 19.0 Å². The van der Waals surface area contributed by atoms with Crippen molar-refractivity contribution in [2.24, 2.45) is 0 Å². The summed E-state index contributed by atoms with van der Waals surface area (Å²) in [5.74, 6) is 1.21. The fourth-order valence-corrected chi connectivity index (χ4v) is 2.88. The van der Waals surface area contributed by atoms with E-state index in [1.54, 1.807) is 12.1 Å². The molecule has 23 heavy (non-hydrogen) atoms. The van der Waals surface area contributed by atoms with E-state index in [1.807, 2.05) is 0 Å². The maximum absolute atomic E-state index is 11.8. The van der Waals surface area contributed by atoms with Crippen LogP contribution < -0.4 is 15.2 Å². The standard InChI is InChI=1S/C19H29NO3/c1-2-3-4-5-6-7-8-9-13-22-17-11-10-15-16(21)12-14-23-19(15)18(17)20/h10-11H,2-9,12-14,20H2,1H3. The third-order valence-electron chi connectivity index (χ3n) is 4.29. The van der Waals surface area contributed by atoms with Crippen LogP contribution in [0.15, 0.2) is 12.1 Å². The summed E-state index contributed by atoms with van der Waals surface area (Å²) in [6.07, 6.45) is 10.6. The van der Waals surface area contributed by atoms with E-state index in [0.717, 1.165) is 6.42 Å². The number of ether oxygens (including phenoxy) is 2. The molecule has 0 radical (unpaired) electrons. The predicted molar refractivity (Wildman–Crippen MR) is 93.4 cm³/mol. The second-order valence-corrected chi connectivity index (χ2v) is 6.20. The minimum absolute atomic E-state index is 0.0903. The number of carbonyl (C=O) groups is 1. The van der Waals surface area contributed by atoms with Gasteiger partial charge in [0.15, 0.2) is 11.5 Å². The summed E-state index contributed by atoms with van der Waals surface area (Å²) in [4.78, 5) is 11.8. The first-order valence-electron chi connectivity index (χ1n) is 8.95. The summed E-state index contributed by atoms with van der Waals surface area (Å²) >= 11 is 0. The molecule has 0 spiro atoms. The van der Waals surface area contributed by atoms with Crippen LogP contribution in [0.25, 0.3) is 0 Å². The first-order valence-corrected chi connectivity index (χ1v) is 8.95. The summed E-state index contributed by atoms with van der Waals surface area (Å²) in [6.45, 7) is 3.30. The highest BCUT2D eigenvalue weighted by atomic mass is 16.5. The van der Waals surface area contributed by atoms with E-state index in [9.17, 15) is 4.79 Å². The number of carbonyl (C=O) groups excluding carboxylic acids is 1. The average Bonchev–Trinajstić information content (AvgIpc) is 2.56. The number of nitrogen functional groups attached to an aromatic ring is 1. The van der Waals surface area contributed by atoms with Gasteiger partial charge in [-0.2, -0.15) is 0 Å². The molecule has 0 atom stereocenters. The van der Waals surface area contributed by atoms with Gasteiger partial charge in [0.2, 0.25) is 0 Å². The Balaban J connectivity index is 1.69. The summed E-state index contributed by atoms with van der Waals surface area (Å²) in [7, 11) is 0. The second kappa shape index (κ2) is 9.43. The molecule has 0 fully saturated rings. The highest BCUT2D eigenvalue weighted by Crippen LogP contribution is 2.37. The van der Waals surface area contributed by atoms with Gasteiger partial charge in [-0.3, -0.25) is 4.79 Å². The van der Waals surface area contributed by atoms with Crippen molar-refractivity contribution in [3.05, 3.63) is 17.7 Å². The minimum Gasteiger partial charge on any atom is -0.491 e. The van der Waals surface area contributed by atoms with Crippen LogP contribution in [0.5, 0.6) is 11.5 Å². The zero-order valence-electron chi connectivity index (χ0n) is 14.2. The van der Waals surface area contributed by atoms with Gasteiger partial charge in [-0.05, 0) is 18.6 Å². The zero-order valence-corrected chi connectivity index (χ0v) is 14.2. The van der Waals surface area contributed by atoms with Crippen molar-refractivity contribution in [1.29, 1.82) is 0 Å². The van der Waals surface area contributed by atoms with Crippen molar-refractivity contribution in [2.75, 3.05) is 18.9 Å². The number of unbranched alkanes of at least 4 members (excludes halogenated alkanes) is 7. The molecular weight excluding hydrogens is 290 g/mol. The van der Waals surface area contributed by atoms with Crippen LogP contribution in [0.1, 0.15) is 75.1 Å². The van der Waals surface area contributed by atoms with Gasteiger partial charge in [0.25, 0.3) is 0 Å². The number of rotatable bonds is 10. The summed E-state index contributed by atoms with van der Waals surface area (Å²) in [5.41, 5.74) is 7.10. The molecule has 1 aliphatic rings. The normalized spacial score (nSPS) is 13.5. The molecule has 0 aliphatic carbocycles. The van der Waals surface area contributed by atoms with Gasteiger partial charge in [0.05, 0.1) is 18.8 Å². The molecule has 2 rings (SSSR count). The molecule has 0 bridgehead atoms. The number of anilines is 1. The Kier molecular flexibility index (Phi) is 7.24. The predicted octanol–water partition coefficient (Wildman–Crippen LogP) is 4.75. The Morgan fingerprint density at radius 1 is 1.09 bits per heavy atom. The Bertz CT molecular complexity index is 514. The molecule has 1 aromatic carbocycles. The third-order valence-corrected chi connectivity index (χ3v) is 4.29. The molecule has 2 N–H and O–H groups in total. The number of ketones is 1. The number of benzene rings is 1. The van der Waals surface area contributed by atoms with Crippen LogP contribution in [0.4, 0.5) is 5.69 Å². The number of fused-ring (bicyclic) bond motifs is 1. The molecule has 0 aromatic heterocycles. The minimum atomic E-state index is 0.0903. The van der Waals surface area contributed by atoms with Crippen molar-refractivity contribution in [3.8, 4) is 11.5 Å². The van der Waals surface area contributed by atoms with Crippen LogP contribution in [0.2, 0.25) is 0 Å². The average molecular weight is 319 g/mol. The molecule has 1 heterocycles. The fraction of sp³-hybridized carbons (Fsp3) is 0.632. The van der Waals surface area contributed by atoms with Gasteiger partial charge in [-0.1, -0.05) is 51.9 Å². The van der Waals surface area contributed by atoms with Crippen LogP contribution in [0, 0.1) is 0 Å². The van der Waals surface area contributed by atoms with Gasteiger partial charge < -0.3 is 15.2 Å². The number of hydrogen-bond donors (Lipinski definition) is 1. The summed E-state index contributed by atoms with van der Waals surface area (Å²) in [6, 6.07) is 3.54. The first-order chi connectivity index (χ1) is 11.2. The SMILES string of the molecule is CCCCCCCCCCOc1ccc2c(c1N)OCCC2=O. The molecule has 4 heteroatoms. The second-order valence-electron chi connectivity index (χ2n) is 6.20. The monoisotopic (exact) mass is 319 g/mol. The van der Waals surface area contributed by atoms with Gasteiger partial charge in [0.1, 0.15) is 11.4 Å². The molecule has 0 saturated heterocycles. The van der Waals surface area contributed by atoms with Crippen molar-refractivity contribution in [3.63, 3.8) is 0 Å². The Hall–Kier alpha value is -1.71. The summed E-state index contributed by atoms with van der Waals surface area (Å²) in [5, 5.41) is 0. The lowest BCUT2D eigenvalue weighted by molar-refractivity contribution is 0.0934. The number of hydrogen-bond acceptors (Lipinski definition) is 4.